The van der Waals surface area contributed by atoms with Gasteiger partial charge in [0, 0.05) is 49.1 Å². The number of nitrogens with one attached hydrogen (secondary N) is 3. The summed E-state index contributed by atoms with van der Waals surface area (Å²) in [5.41, 5.74) is 6.17. The first-order chi connectivity index (χ1) is 16.1. The average molecular weight is 446 g/mol. The zero-order valence-corrected chi connectivity index (χ0v) is 19.7. The van der Waals surface area contributed by atoms with Gasteiger partial charge in [0.05, 0.1) is 12.2 Å². The molecule has 3 rings (SSSR count). The van der Waals surface area contributed by atoms with Gasteiger partial charge in [-0.15, -0.1) is 0 Å². The van der Waals surface area contributed by atoms with Crippen molar-refractivity contribution in [1.29, 1.82) is 5.41 Å². The van der Waals surface area contributed by atoms with Crippen molar-refractivity contribution in [3.8, 4) is 0 Å². The molecule has 0 atom stereocenters. The molecule has 0 aliphatic carbocycles. The van der Waals surface area contributed by atoms with E-state index in [1.54, 1.807) is 12.3 Å². The summed E-state index contributed by atoms with van der Waals surface area (Å²) in [5.74, 6) is 1.93. The van der Waals surface area contributed by atoms with Crippen LogP contribution in [0.4, 0.5) is 11.5 Å². The summed E-state index contributed by atoms with van der Waals surface area (Å²) < 4.78 is 0. The van der Waals surface area contributed by atoms with E-state index < -0.39 is 0 Å². The first-order valence-electron chi connectivity index (χ1n) is 11.6. The summed E-state index contributed by atoms with van der Waals surface area (Å²) >= 11 is 0. The van der Waals surface area contributed by atoms with E-state index in [1.807, 2.05) is 59.8 Å². The number of nitrogens with zero attached hydrogens (tertiary/aromatic N) is 4. The molecule has 2 aromatic rings. The fourth-order valence-corrected chi connectivity index (χ4v) is 3.53. The van der Waals surface area contributed by atoms with Crippen LogP contribution in [0.25, 0.3) is 6.08 Å². The topological polar surface area (TPSA) is 80.2 Å². The highest BCUT2D eigenvalue weighted by atomic mass is 15.5. The number of hydrogen-bond acceptors (Lipinski definition) is 6. The molecule has 1 aliphatic heterocycles. The predicted molar refractivity (Wildman–Crippen MR) is 138 cm³/mol. The Morgan fingerprint density at radius 1 is 1.27 bits per heavy atom. The maximum Gasteiger partial charge on any atom is 0.142 e. The van der Waals surface area contributed by atoms with Crippen molar-refractivity contribution >= 4 is 23.4 Å². The lowest BCUT2D eigenvalue weighted by molar-refractivity contribution is 0.226. The predicted octanol–water partition coefficient (Wildman–Crippen LogP) is 5.16. The number of rotatable bonds is 10. The second-order valence-electron chi connectivity index (χ2n) is 8.29. The third-order valence-electron chi connectivity index (χ3n) is 5.49. The first kappa shape index (κ1) is 24.2. The summed E-state index contributed by atoms with van der Waals surface area (Å²) in [5, 5.41) is 13.9. The van der Waals surface area contributed by atoms with Gasteiger partial charge in [0.1, 0.15) is 11.7 Å². The van der Waals surface area contributed by atoms with Gasteiger partial charge in [0.25, 0.3) is 0 Å². The van der Waals surface area contributed by atoms with Gasteiger partial charge in [-0.3, -0.25) is 10.4 Å². The summed E-state index contributed by atoms with van der Waals surface area (Å²) in [6.07, 6.45) is 14.4. The number of aryl methyl sites for hydroxylation is 1. The molecule has 0 radical (unpaired) electrons. The Labute approximate surface area is 197 Å². The van der Waals surface area contributed by atoms with Gasteiger partial charge in [-0.1, -0.05) is 32.6 Å². The third kappa shape index (κ3) is 8.20. The maximum atomic E-state index is 8.47. The lowest BCUT2D eigenvalue weighted by atomic mass is 10.0. The van der Waals surface area contributed by atoms with E-state index in [9.17, 15) is 0 Å². The van der Waals surface area contributed by atoms with Crippen molar-refractivity contribution in [1.82, 2.24) is 19.9 Å². The molecule has 0 saturated carbocycles. The Bertz CT molecular complexity index is 974. The quantitative estimate of drug-likeness (QED) is 0.266. The molecule has 1 saturated heterocycles. The van der Waals surface area contributed by atoms with Crippen LogP contribution < -0.4 is 10.7 Å². The Hall–Kier alpha value is -3.45. The Morgan fingerprint density at radius 2 is 2.09 bits per heavy atom. The molecular weight excluding hydrogens is 410 g/mol. The minimum atomic E-state index is 0.368. The molecule has 1 aliphatic rings. The van der Waals surface area contributed by atoms with Gasteiger partial charge < -0.3 is 15.6 Å². The monoisotopic (exact) mass is 445 g/mol. The smallest absolute Gasteiger partial charge is 0.142 e. The van der Waals surface area contributed by atoms with Gasteiger partial charge in [-0.05, 0) is 55.5 Å². The van der Waals surface area contributed by atoms with Crippen molar-refractivity contribution in [2.24, 2.45) is 5.92 Å². The standard InChI is InChI=1S/C26H35N7/c1-4-6-15-32(16-13-23-9-7-8-22(5-2)29-23)20-25(27)30-24-10-14-28-26(19-24)31-33-17-11-21(3)12-18-33/h4,6-10,13-16,19,21H,1,5,11-12,17-18,20H2,2-3H3,(H3,27,28,30,31)/b15-6-,16-13+. The van der Waals surface area contributed by atoms with E-state index in [0.29, 0.717) is 12.4 Å². The van der Waals surface area contributed by atoms with Crippen LogP contribution >= 0.6 is 0 Å². The zero-order valence-electron chi connectivity index (χ0n) is 19.7. The second kappa shape index (κ2) is 12.6. The first-order valence-corrected chi connectivity index (χ1v) is 11.6. The molecule has 0 amide bonds. The highest BCUT2D eigenvalue weighted by molar-refractivity contribution is 5.95. The fourth-order valence-electron chi connectivity index (χ4n) is 3.53. The lowest BCUT2D eigenvalue weighted by Gasteiger charge is -2.30. The Morgan fingerprint density at radius 3 is 2.85 bits per heavy atom. The highest BCUT2D eigenvalue weighted by Crippen LogP contribution is 2.18. The zero-order chi connectivity index (χ0) is 23.5. The molecule has 0 unspecified atom stereocenters. The van der Waals surface area contributed by atoms with E-state index >= 15 is 0 Å². The molecule has 1 fully saturated rings. The number of hydrogen-bond donors (Lipinski definition) is 3. The molecule has 2 aromatic heterocycles. The van der Waals surface area contributed by atoms with Gasteiger partial charge in [-0.2, -0.15) is 0 Å². The van der Waals surface area contributed by atoms with Crippen LogP contribution in [0.5, 0.6) is 0 Å². The van der Waals surface area contributed by atoms with Crippen LogP contribution in [0.15, 0.2) is 67.7 Å². The van der Waals surface area contributed by atoms with Crippen LogP contribution in [-0.2, 0) is 6.42 Å². The van der Waals surface area contributed by atoms with Crippen molar-refractivity contribution in [3.63, 3.8) is 0 Å². The van der Waals surface area contributed by atoms with Crippen LogP contribution in [0.2, 0.25) is 0 Å². The molecule has 7 nitrogen and oxygen atoms in total. The number of piperidine rings is 1. The second-order valence-corrected chi connectivity index (χ2v) is 8.29. The highest BCUT2D eigenvalue weighted by Gasteiger charge is 2.15. The lowest BCUT2D eigenvalue weighted by Crippen LogP contribution is -2.37. The number of pyridine rings is 2. The molecular formula is C26H35N7. The normalized spacial score (nSPS) is 15.1. The number of allylic oxidation sites excluding steroid dienone is 2. The minimum absolute atomic E-state index is 0.368. The molecule has 0 aromatic carbocycles. The third-order valence-corrected chi connectivity index (χ3v) is 5.49. The van der Waals surface area contributed by atoms with E-state index in [4.69, 9.17) is 5.41 Å². The van der Waals surface area contributed by atoms with Crippen molar-refractivity contribution in [2.45, 2.75) is 33.1 Å². The minimum Gasteiger partial charge on any atom is -0.347 e. The van der Waals surface area contributed by atoms with Crippen LogP contribution in [0.3, 0.4) is 0 Å². The van der Waals surface area contributed by atoms with Gasteiger partial charge >= 0.3 is 0 Å². The van der Waals surface area contributed by atoms with E-state index in [-0.39, 0.29) is 0 Å². The van der Waals surface area contributed by atoms with Gasteiger partial charge in [-0.25, -0.2) is 9.99 Å². The number of amidine groups is 1. The molecule has 3 heterocycles. The number of anilines is 2. The summed E-state index contributed by atoms with van der Waals surface area (Å²) in [7, 11) is 0. The summed E-state index contributed by atoms with van der Waals surface area (Å²) in [4.78, 5) is 11.0. The van der Waals surface area contributed by atoms with Gasteiger partial charge in [0.15, 0.2) is 0 Å². The molecule has 174 valence electrons. The SMILES string of the molecule is C=C/C=C\N(/C=C/c1cccc(CC)n1)CC(=N)Nc1ccnc(NN2CCC(C)CC2)c1. The largest absolute Gasteiger partial charge is 0.347 e. The number of aromatic nitrogens is 2. The number of hydrazine groups is 1. The summed E-state index contributed by atoms with van der Waals surface area (Å²) in [6.45, 7) is 10.5. The molecule has 3 N–H and O–H groups in total. The van der Waals surface area contributed by atoms with Crippen LogP contribution in [0, 0.1) is 11.3 Å². The van der Waals surface area contributed by atoms with Crippen molar-refractivity contribution in [3.05, 3.63) is 79.0 Å². The summed E-state index contributed by atoms with van der Waals surface area (Å²) in [6, 6.07) is 9.82. The molecule has 7 heteroatoms. The van der Waals surface area contributed by atoms with Crippen LogP contribution in [-0.4, -0.2) is 45.3 Å². The van der Waals surface area contributed by atoms with E-state index in [0.717, 1.165) is 48.3 Å². The maximum absolute atomic E-state index is 8.47. The fraction of sp³-hybridized carbons (Fsp3) is 0.346. The van der Waals surface area contributed by atoms with Crippen molar-refractivity contribution < 1.29 is 0 Å². The average Bonchev–Trinajstić information content (AvgIpc) is 2.82. The Balaban J connectivity index is 1.59. The Kier molecular flexibility index (Phi) is 9.20. The van der Waals surface area contributed by atoms with E-state index in [1.165, 1.54) is 12.8 Å². The molecule has 33 heavy (non-hydrogen) atoms. The van der Waals surface area contributed by atoms with E-state index in [2.05, 4.69) is 46.1 Å². The van der Waals surface area contributed by atoms with Crippen molar-refractivity contribution in [2.75, 3.05) is 30.4 Å². The van der Waals surface area contributed by atoms with Crippen LogP contribution in [0.1, 0.15) is 38.1 Å². The molecule has 0 bridgehead atoms. The molecule has 0 spiro atoms. The van der Waals surface area contributed by atoms with Gasteiger partial charge in [0.2, 0.25) is 0 Å².